The Morgan fingerprint density at radius 1 is 1.27 bits per heavy atom. The van der Waals surface area contributed by atoms with E-state index >= 15 is 0 Å². The fourth-order valence-corrected chi connectivity index (χ4v) is 3.09. The third-order valence-electron chi connectivity index (χ3n) is 4.71. The molecule has 1 aliphatic rings. The Hall–Kier alpha value is -1.26. The molecule has 1 saturated heterocycles. The number of hydrogen-bond acceptors (Lipinski definition) is 2. The van der Waals surface area contributed by atoms with Crippen LogP contribution in [0.1, 0.15) is 52.9 Å². The van der Waals surface area contributed by atoms with E-state index < -0.39 is 11.7 Å². The van der Waals surface area contributed by atoms with E-state index in [-0.39, 0.29) is 0 Å². The molecule has 1 fully saturated rings. The van der Waals surface area contributed by atoms with Gasteiger partial charge < -0.3 is 4.90 Å². The Balaban J connectivity index is 2.63. The van der Waals surface area contributed by atoms with Gasteiger partial charge in [-0.15, -0.1) is 0 Å². The normalized spacial score (nSPS) is 19.7. The van der Waals surface area contributed by atoms with Gasteiger partial charge in [-0.2, -0.15) is 13.2 Å². The maximum absolute atomic E-state index is 12.6. The van der Waals surface area contributed by atoms with Gasteiger partial charge in [-0.25, -0.2) is 4.99 Å². The minimum Gasteiger partial charge on any atom is -0.357 e. The highest BCUT2D eigenvalue weighted by Gasteiger charge is 2.33. The van der Waals surface area contributed by atoms with Gasteiger partial charge in [0.2, 0.25) is 0 Å². The van der Waals surface area contributed by atoms with Crippen LogP contribution in [0.3, 0.4) is 0 Å². The highest BCUT2D eigenvalue weighted by atomic mass is 19.4. The Morgan fingerprint density at radius 2 is 1.86 bits per heavy atom. The van der Waals surface area contributed by atoms with Crippen LogP contribution in [0.4, 0.5) is 13.2 Å². The molecule has 22 heavy (non-hydrogen) atoms. The first-order chi connectivity index (χ1) is 10.3. The Bertz CT molecular complexity index is 428. The smallest absolute Gasteiger partial charge is 0.357 e. The molecule has 2 nitrogen and oxygen atoms in total. The molecule has 1 aliphatic heterocycles. The molecule has 1 heterocycles. The molecule has 0 N–H and O–H groups in total. The molecule has 0 amide bonds. The number of likely N-dealkylation sites (tertiary alicyclic amines) is 1. The molecule has 0 atom stereocenters. The Labute approximate surface area is 131 Å². The molecule has 0 unspecified atom stereocenters. The first-order valence-electron chi connectivity index (χ1n) is 7.99. The lowest BCUT2D eigenvalue weighted by molar-refractivity contribution is -0.0857. The molecular weight excluding hydrogens is 289 g/mol. The van der Waals surface area contributed by atoms with Crippen LogP contribution in [-0.2, 0) is 0 Å². The van der Waals surface area contributed by atoms with Crippen LogP contribution in [0, 0.1) is 5.41 Å². The van der Waals surface area contributed by atoms with Crippen LogP contribution >= 0.6 is 0 Å². The average molecular weight is 316 g/mol. The van der Waals surface area contributed by atoms with Crippen LogP contribution in [0.2, 0.25) is 0 Å². The molecular formula is C17H27F3N2. The van der Waals surface area contributed by atoms with Crippen LogP contribution in [0.5, 0.6) is 0 Å². The van der Waals surface area contributed by atoms with E-state index in [1.165, 1.54) is 19.8 Å². The summed E-state index contributed by atoms with van der Waals surface area (Å²) in [5, 5.41) is 0. The van der Waals surface area contributed by atoms with Crippen LogP contribution < -0.4 is 0 Å². The number of allylic oxidation sites excluding steroid dienone is 2. The van der Waals surface area contributed by atoms with Crippen molar-refractivity contribution in [3.05, 3.63) is 24.0 Å². The summed E-state index contributed by atoms with van der Waals surface area (Å²) in [4.78, 5) is 5.91. The number of halogens is 3. The fraction of sp³-hybridized carbons (Fsp3) is 0.706. The molecule has 126 valence electrons. The summed E-state index contributed by atoms with van der Waals surface area (Å²) in [5.41, 5.74) is -0.352. The van der Waals surface area contributed by atoms with Crippen molar-refractivity contribution in [2.24, 2.45) is 10.4 Å². The van der Waals surface area contributed by atoms with Crippen molar-refractivity contribution in [2.45, 2.75) is 59.1 Å². The monoisotopic (exact) mass is 316 g/mol. The molecule has 0 spiro atoms. The standard InChI is InChI=1S/C17H27F3N2/c1-5-8-16(7-3)9-11-22(12-10-16)14(4)21-13-15(6-2)17(18,19)20/h6,13H,4-5,7-12H2,1-3H3/b15-6+,21-13-. The van der Waals surface area contributed by atoms with E-state index in [9.17, 15) is 13.2 Å². The summed E-state index contributed by atoms with van der Waals surface area (Å²) in [7, 11) is 0. The maximum atomic E-state index is 12.6. The second-order valence-corrected chi connectivity index (χ2v) is 6.01. The van der Waals surface area contributed by atoms with Gasteiger partial charge in [0, 0.05) is 19.3 Å². The van der Waals surface area contributed by atoms with E-state index in [2.05, 4.69) is 25.4 Å². The Morgan fingerprint density at radius 3 is 2.27 bits per heavy atom. The minimum absolute atomic E-state index is 0.385. The molecule has 0 aromatic rings. The number of piperidine rings is 1. The number of aliphatic imine (C=N–C) groups is 1. The molecule has 0 aromatic carbocycles. The maximum Gasteiger partial charge on any atom is 0.417 e. The van der Waals surface area contributed by atoms with Gasteiger partial charge in [0.25, 0.3) is 0 Å². The highest BCUT2D eigenvalue weighted by molar-refractivity contribution is 5.80. The average Bonchev–Trinajstić information content (AvgIpc) is 2.47. The number of rotatable bonds is 6. The lowest BCUT2D eigenvalue weighted by Gasteiger charge is -2.42. The summed E-state index contributed by atoms with van der Waals surface area (Å²) in [6.45, 7) is 11.2. The highest BCUT2D eigenvalue weighted by Crippen LogP contribution is 2.39. The summed E-state index contributed by atoms with van der Waals surface area (Å²) in [5.74, 6) is 0.421. The summed E-state index contributed by atoms with van der Waals surface area (Å²) < 4.78 is 37.9. The van der Waals surface area contributed by atoms with Crippen molar-refractivity contribution in [1.82, 2.24) is 4.90 Å². The van der Waals surface area contributed by atoms with Crippen molar-refractivity contribution >= 4 is 6.21 Å². The first-order valence-corrected chi connectivity index (χ1v) is 7.99. The lowest BCUT2D eigenvalue weighted by Crippen LogP contribution is -2.38. The van der Waals surface area contributed by atoms with E-state index in [0.29, 0.717) is 11.2 Å². The van der Waals surface area contributed by atoms with Crippen LogP contribution in [0.15, 0.2) is 29.0 Å². The van der Waals surface area contributed by atoms with Gasteiger partial charge in [-0.3, -0.25) is 0 Å². The quantitative estimate of drug-likeness (QED) is 0.605. The van der Waals surface area contributed by atoms with Crippen LogP contribution in [0.25, 0.3) is 0 Å². The van der Waals surface area contributed by atoms with Gasteiger partial charge in [0.05, 0.1) is 5.57 Å². The third-order valence-corrected chi connectivity index (χ3v) is 4.71. The van der Waals surface area contributed by atoms with E-state index in [0.717, 1.165) is 44.6 Å². The summed E-state index contributed by atoms with van der Waals surface area (Å²) in [6.07, 6.45) is 3.18. The molecule has 5 heteroatoms. The second kappa shape index (κ2) is 7.84. The van der Waals surface area contributed by atoms with Crippen molar-refractivity contribution in [3.8, 4) is 0 Å². The zero-order chi connectivity index (χ0) is 16.8. The van der Waals surface area contributed by atoms with E-state index in [1.54, 1.807) is 0 Å². The fourth-order valence-electron chi connectivity index (χ4n) is 3.09. The van der Waals surface area contributed by atoms with Gasteiger partial charge >= 0.3 is 6.18 Å². The molecule has 1 rings (SSSR count). The van der Waals surface area contributed by atoms with Gasteiger partial charge in [-0.1, -0.05) is 39.3 Å². The lowest BCUT2D eigenvalue weighted by atomic mass is 9.73. The summed E-state index contributed by atoms with van der Waals surface area (Å²) in [6, 6.07) is 0. The molecule has 0 aromatic heterocycles. The molecule has 0 bridgehead atoms. The topological polar surface area (TPSA) is 15.6 Å². The Kier molecular flexibility index (Phi) is 6.69. The van der Waals surface area contributed by atoms with Gasteiger partial charge in [0.15, 0.2) is 0 Å². The first kappa shape index (κ1) is 18.8. The summed E-state index contributed by atoms with van der Waals surface area (Å²) >= 11 is 0. The molecule has 0 aliphatic carbocycles. The predicted molar refractivity (Wildman–Crippen MR) is 85.9 cm³/mol. The second-order valence-electron chi connectivity index (χ2n) is 6.01. The van der Waals surface area contributed by atoms with Crippen molar-refractivity contribution < 1.29 is 13.2 Å². The number of hydrogen-bond donors (Lipinski definition) is 0. The van der Waals surface area contributed by atoms with Gasteiger partial charge in [0.1, 0.15) is 5.82 Å². The van der Waals surface area contributed by atoms with E-state index in [4.69, 9.17) is 0 Å². The van der Waals surface area contributed by atoms with Gasteiger partial charge in [-0.05, 0) is 31.6 Å². The molecule has 0 radical (unpaired) electrons. The third kappa shape index (κ3) is 4.89. The zero-order valence-electron chi connectivity index (χ0n) is 13.8. The number of nitrogens with zero attached hydrogens (tertiary/aromatic N) is 2. The van der Waals surface area contributed by atoms with Crippen molar-refractivity contribution in [1.29, 1.82) is 0 Å². The van der Waals surface area contributed by atoms with E-state index in [1.807, 2.05) is 4.90 Å². The minimum atomic E-state index is -4.36. The van der Waals surface area contributed by atoms with Crippen LogP contribution in [-0.4, -0.2) is 30.4 Å². The molecule has 0 saturated carbocycles. The zero-order valence-corrected chi connectivity index (χ0v) is 13.8. The predicted octanol–water partition coefficient (Wildman–Crippen LogP) is 5.33. The van der Waals surface area contributed by atoms with Crippen molar-refractivity contribution in [2.75, 3.05) is 13.1 Å². The SMILES string of the molecule is C=C(/N=C\C(=C/C)C(F)(F)F)N1CCC(CC)(CCC)CC1. The van der Waals surface area contributed by atoms with Crippen molar-refractivity contribution in [3.63, 3.8) is 0 Å². The largest absolute Gasteiger partial charge is 0.417 e. The number of alkyl halides is 3.